The van der Waals surface area contributed by atoms with E-state index in [0.29, 0.717) is 0 Å². The lowest BCUT2D eigenvalue weighted by Gasteiger charge is -2.50. The molecule has 3 aliphatic heterocycles. The van der Waals surface area contributed by atoms with Crippen LogP contribution >= 0.6 is 15.9 Å². The maximum Gasteiger partial charge on any atom is 0.104 e. The van der Waals surface area contributed by atoms with Crippen molar-refractivity contribution in [1.82, 2.24) is 4.90 Å². The number of piperazine rings is 3. The summed E-state index contributed by atoms with van der Waals surface area (Å²) in [6, 6.07) is 8.85. The quantitative estimate of drug-likeness (QED) is 0.751. The van der Waals surface area contributed by atoms with Gasteiger partial charge in [0.1, 0.15) is 6.54 Å². The van der Waals surface area contributed by atoms with Crippen molar-refractivity contribution in [2.24, 2.45) is 0 Å². The molecular weight excluding hydrogens is 264 g/mol. The molecular formula is C13H18BrN2+. The maximum absolute atomic E-state index is 3.50. The second-order valence-corrected chi connectivity index (χ2v) is 6.05. The second-order valence-electron chi connectivity index (χ2n) is 5.14. The SMILES string of the molecule is Brc1ccc(C[N+]23CCN(CC2)CC3)cc1. The van der Waals surface area contributed by atoms with E-state index in [1.54, 1.807) is 0 Å². The van der Waals surface area contributed by atoms with Crippen LogP contribution in [0.15, 0.2) is 28.7 Å². The summed E-state index contributed by atoms with van der Waals surface area (Å²) in [7, 11) is 0. The first-order chi connectivity index (χ1) is 7.76. The van der Waals surface area contributed by atoms with Crippen LogP contribution in [0.4, 0.5) is 0 Å². The number of halogens is 1. The predicted octanol–water partition coefficient (Wildman–Crippen LogP) is 2.10. The van der Waals surface area contributed by atoms with Crippen LogP contribution < -0.4 is 0 Å². The van der Waals surface area contributed by atoms with Crippen molar-refractivity contribution >= 4 is 15.9 Å². The molecule has 0 spiro atoms. The average molecular weight is 282 g/mol. The number of fused-ring (bicyclic) bond motifs is 3. The molecule has 3 fully saturated rings. The van der Waals surface area contributed by atoms with Gasteiger partial charge >= 0.3 is 0 Å². The molecule has 86 valence electrons. The van der Waals surface area contributed by atoms with E-state index in [-0.39, 0.29) is 0 Å². The van der Waals surface area contributed by atoms with Crippen molar-refractivity contribution in [2.45, 2.75) is 6.54 Å². The largest absolute Gasteiger partial charge is 0.317 e. The number of quaternary nitrogens is 1. The van der Waals surface area contributed by atoms with Gasteiger partial charge in [0.25, 0.3) is 0 Å². The normalized spacial score (nSPS) is 32.9. The van der Waals surface area contributed by atoms with Crippen molar-refractivity contribution in [2.75, 3.05) is 39.3 Å². The van der Waals surface area contributed by atoms with Gasteiger partial charge in [-0.3, -0.25) is 4.90 Å². The summed E-state index contributed by atoms with van der Waals surface area (Å²) in [5.41, 5.74) is 1.48. The van der Waals surface area contributed by atoms with Gasteiger partial charge in [-0.1, -0.05) is 28.1 Å². The van der Waals surface area contributed by atoms with Crippen LogP contribution in [-0.4, -0.2) is 48.7 Å². The monoisotopic (exact) mass is 281 g/mol. The summed E-state index contributed by atoms with van der Waals surface area (Å²) in [6.07, 6.45) is 0. The lowest BCUT2D eigenvalue weighted by atomic mass is 10.1. The minimum atomic E-state index is 1.18. The molecule has 0 atom stereocenters. The Balaban J connectivity index is 1.75. The summed E-state index contributed by atoms with van der Waals surface area (Å²) in [5, 5.41) is 0. The smallest absolute Gasteiger partial charge is 0.104 e. The van der Waals surface area contributed by atoms with Crippen LogP contribution in [-0.2, 0) is 6.54 Å². The van der Waals surface area contributed by atoms with E-state index >= 15 is 0 Å². The molecule has 0 unspecified atom stereocenters. The highest BCUT2D eigenvalue weighted by molar-refractivity contribution is 9.10. The molecule has 4 rings (SSSR count). The first-order valence-electron chi connectivity index (χ1n) is 6.08. The number of rotatable bonds is 2. The molecule has 0 amide bonds. The predicted molar refractivity (Wildman–Crippen MR) is 69.1 cm³/mol. The van der Waals surface area contributed by atoms with Gasteiger partial charge in [-0.2, -0.15) is 0 Å². The molecule has 0 radical (unpaired) electrons. The van der Waals surface area contributed by atoms with E-state index < -0.39 is 0 Å². The van der Waals surface area contributed by atoms with E-state index in [1.165, 1.54) is 60.3 Å². The van der Waals surface area contributed by atoms with Crippen LogP contribution in [0.2, 0.25) is 0 Å². The lowest BCUT2D eigenvalue weighted by molar-refractivity contribution is -0.953. The third-order valence-corrected chi connectivity index (χ3v) is 4.63. The standard InChI is InChI=1S/C13H18BrN2/c14-13-3-1-12(2-4-13)11-16-8-5-15(6-9-16)7-10-16/h1-4H,5-11H2/q+1. The molecule has 3 saturated heterocycles. The maximum atomic E-state index is 3.50. The van der Waals surface area contributed by atoms with Crippen LogP contribution in [0.5, 0.6) is 0 Å². The first kappa shape index (κ1) is 10.8. The zero-order valence-electron chi connectivity index (χ0n) is 9.53. The number of hydrogen-bond donors (Lipinski definition) is 0. The van der Waals surface area contributed by atoms with Gasteiger partial charge < -0.3 is 4.48 Å². The average Bonchev–Trinajstić information content (AvgIpc) is 2.34. The van der Waals surface area contributed by atoms with Crippen LogP contribution in [0.1, 0.15) is 5.56 Å². The topological polar surface area (TPSA) is 3.24 Å². The van der Waals surface area contributed by atoms with Crippen molar-refractivity contribution in [1.29, 1.82) is 0 Å². The Morgan fingerprint density at radius 1 is 1.00 bits per heavy atom. The molecule has 2 bridgehead atoms. The summed E-state index contributed by atoms with van der Waals surface area (Å²) in [5.74, 6) is 0. The molecule has 0 aliphatic carbocycles. The Bertz CT molecular complexity index is 352. The Hall–Kier alpha value is -0.380. The molecule has 3 heteroatoms. The highest BCUT2D eigenvalue weighted by Gasteiger charge is 2.38. The van der Waals surface area contributed by atoms with Crippen molar-refractivity contribution in [3.8, 4) is 0 Å². The highest BCUT2D eigenvalue weighted by Crippen LogP contribution is 2.23. The minimum Gasteiger partial charge on any atom is -0.317 e. The van der Waals surface area contributed by atoms with Crippen molar-refractivity contribution < 1.29 is 4.48 Å². The van der Waals surface area contributed by atoms with Gasteiger partial charge in [0.15, 0.2) is 0 Å². The molecule has 0 saturated carbocycles. The zero-order valence-corrected chi connectivity index (χ0v) is 11.1. The van der Waals surface area contributed by atoms with Gasteiger partial charge in [-0.05, 0) is 12.1 Å². The Kier molecular flexibility index (Phi) is 2.78. The van der Waals surface area contributed by atoms with Gasteiger partial charge in [-0.15, -0.1) is 0 Å². The highest BCUT2D eigenvalue weighted by atomic mass is 79.9. The lowest BCUT2D eigenvalue weighted by Crippen LogP contribution is -2.66. The third kappa shape index (κ3) is 2.04. The van der Waals surface area contributed by atoms with Gasteiger partial charge in [-0.25, -0.2) is 0 Å². The Labute approximate surface area is 106 Å². The molecule has 0 N–H and O–H groups in total. The number of nitrogens with zero attached hydrogens (tertiary/aromatic N) is 2. The fourth-order valence-electron chi connectivity index (χ4n) is 2.95. The molecule has 1 aromatic carbocycles. The Morgan fingerprint density at radius 3 is 2.12 bits per heavy atom. The fraction of sp³-hybridized carbons (Fsp3) is 0.538. The number of benzene rings is 1. The van der Waals surface area contributed by atoms with E-state index in [4.69, 9.17) is 0 Å². The van der Waals surface area contributed by atoms with Crippen LogP contribution in [0, 0.1) is 0 Å². The van der Waals surface area contributed by atoms with E-state index in [2.05, 4.69) is 45.1 Å². The minimum absolute atomic E-state index is 1.18. The van der Waals surface area contributed by atoms with Crippen molar-refractivity contribution in [3.05, 3.63) is 34.3 Å². The summed E-state index contributed by atoms with van der Waals surface area (Å²) in [4.78, 5) is 2.60. The molecule has 3 heterocycles. The van der Waals surface area contributed by atoms with Crippen LogP contribution in [0.3, 0.4) is 0 Å². The second kappa shape index (κ2) is 4.13. The van der Waals surface area contributed by atoms with E-state index in [9.17, 15) is 0 Å². The van der Waals surface area contributed by atoms with Gasteiger partial charge in [0.2, 0.25) is 0 Å². The van der Waals surface area contributed by atoms with Gasteiger partial charge in [0, 0.05) is 29.7 Å². The fourth-order valence-corrected chi connectivity index (χ4v) is 3.21. The molecule has 3 aliphatic rings. The molecule has 0 aromatic heterocycles. The summed E-state index contributed by atoms with van der Waals surface area (Å²) >= 11 is 3.50. The van der Waals surface area contributed by atoms with Crippen LogP contribution in [0.25, 0.3) is 0 Å². The van der Waals surface area contributed by atoms with Gasteiger partial charge in [0.05, 0.1) is 19.6 Å². The van der Waals surface area contributed by atoms with Crippen molar-refractivity contribution in [3.63, 3.8) is 0 Å². The summed E-state index contributed by atoms with van der Waals surface area (Å²) < 4.78 is 2.50. The molecule has 2 nitrogen and oxygen atoms in total. The summed E-state index contributed by atoms with van der Waals surface area (Å²) in [6.45, 7) is 9.16. The third-order valence-electron chi connectivity index (χ3n) is 4.10. The molecule has 1 aromatic rings. The van der Waals surface area contributed by atoms with E-state index in [0.717, 1.165) is 0 Å². The first-order valence-corrected chi connectivity index (χ1v) is 6.87. The molecule has 16 heavy (non-hydrogen) atoms. The zero-order chi connectivity index (χ0) is 11.0. The van der Waals surface area contributed by atoms with E-state index in [1.807, 2.05) is 0 Å². The Morgan fingerprint density at radius 2 is 1.56 bits per heavy atom. The number of hydrogen-bond acceptors (Lipinski definition) is 1.